The molecule has 5 amide bonds. The molecule has 10 heteroatoms. The van der Waals surface area contributed by atoms with E-state index < -0.39 is 35.7 Å². The van der Waals surface area contributed by atoms with Crippen LogP contribution in [0.5, 0.6) is 0 Å². The summed E-state index contributed by atoms with van der Waals surface area (Å²) in [4.78, 5) is 70.3. The minimum absolute atomic E-state index is 0.0781. The summed E-state index contributed by atoms with van der Waals surface area (Å²) in [6.07, 6.45) is 10.6. The molecule has 4 N–H and O–H groups in total. The summed E-state index contributed by atoms with van der Waals surface area (Å²) in [5.41, 5.74) is 2.02. The third kappa shape index (κ3) is 6.29. The molecule has 0 aromatic heterocycles. The number of likely N-dealkylation sites (tertiary alicyclic amines) is 1. The van der Waals surface area contributed by atoms with Crippen molar-refractivity contribution in [3.63, 3.8) is 0 Å². The number of benzene rings is 1. The van der Waals surface area contributed by atoms with E-state index in [0.29, 0.717) is 50.0 Å². The zero-order valence-corrected chi connectivity index (χ0v) is 29.3. The highest BCUT2D eigenvalue weighted by Gasteiger charge is 2.70. The van der Waals surface area contributed by atoms with Crippen molar-refractivity contribution in [1.29, 1.82) is 0 Å². The molecule has 1 aromatic rings. The van der Waals surface area contributed by atoms with E-state index in [1.165, 1.54) is 36.5 Å². The van der Waals surface area contributed by atoms with Crippen molar-refractivity contribution in [3.05, 3.63) is 48.0 Å². The molecule has 6 fully saturated rings. The first-order valence-corrected chi connectivity index (χ1v) is 18.6. The number of fused-ring (bicyclic) bond motifs is 2. The monoisotopic (exact) mass is 671 g/mol. The maximum atomic E-state index is 14.8. The van der Waals surface area contributed by atoms with Gasteiger partial charge < -0.3 is 26.2 Å². The van der Waals surface area contributed by atoms with E-state index in [2.05, 4.69) is 53.8 Å². The minimum atomic E-state index is -0.996. The number of hydrogen-bond acceptors (Lipinski definition) is 5. The van der Waals surface area contributed by atoms with Gasteiger partial charge in [-0.25, -0.2) is 4.79 Å². The van der Waals surface area contributed by atoms with Crippen LogP contribution in [0.2, 0.25) is 0 Å². The van der Waals surface area contributed by atoms with Gasteiger partial charge in [0, 0.05) is 18.6 Å². The molecule has 0 radical (unpaired) electrons. The molecule has 1 heterocycles. The van der Waals surface area contributed by atoms with E-state index in [0.717, 1.165) is 19.3 Å². The number of amides is 5. The normalized spacial score (nSPS) is 32.8. The van der Waals surface area contributed by atoms with Crippen LogP contribution < -0.4 is 21.3 Å². The molecule has 49 heavy (non-hydrogen) atoms. The Bertz CT molecular complexity index is 1480. The van der Waals surface area contributed by atoms with Crippen LogP contribution in [-0.4, -0.2) is 71.2 Å². The van der Waals surface area contributed by atoms with Crippen LogP contribution in [0.3, 0.4) is 0 Å². The van der Waals surface area contributed by atoms with Gasteiger partial charge >= 0.3 is 6.03 Å². The Morgan fingerprint density at radius 3 is 2.14 bits per heavy atom. The van der Waals surface area contributed by atoms with Crippen molar-refractivity contribution in [3.8, 4) is 0 Å². The number of nitrogens with zero attached hydrogens (tertiary/aromatic N) is 1. The number of Topliss-reactive ketones (excluding diaryl/α,β-unsaturated/α-hetero) is 1. The fraction of sp³-hybridized carbons (Fsp3) is 0.667. The van der Waals surface area contributed by atoms with E-state index in [-0.39, 0.29) is 47.2 Å². The molecule has 1 aromatic carbocycles. The lowest BCUT2D eigenvalue weighted by atomic mass is 9.53. The Balaban J connectivity index is 1.12. The van der Waals surface area contributed by atoms with Crippen molar-refractivity contribution in [2.45, 2.75) is 109 Å². The summed E-state index contributed by atoms with van der Waals surface area (Å²) in [6, 6.07) is 5.30. The maximum Gasteiger partial charge on any atom is 0.315 e. The molecule has 5 atom stereocenters. The topological polar surface area (TPSA) is 137 Å². The summed E-state index contributed by atoms with van der Waals surface area (Å²) in [5.74, 6) is -0.219. The summed E-state index contributed by atoms with van der Waals surface area (Å²) < 4.78 is 0. The standard InChI is InChI=1S/C39H53N5O5/c1-5-9-29(33(45)35(47)40-12-6-2)41-34(46)32-30-28(38(30,3)4)21-44(32)36(48)31(27-16-25-10-7-8-11-26(25)17-27)42-37(49)43-39-18-22-13-23(19-39)15-24(14-22)20-39/h6-8,10-11,22-24,27-32H,2,5,9,12-21H2,1,3-4H3,(H,40,47)(H,41,46)(H2,42,43,49)/t22?,23?,24?,28-,29?,30-,31?,32-,39?/m0/s1. The zero-order valence-electron chi connectivity index (χ0n) is 29.3. The van der Waals surface area contributed by atoms with Crippen LogP contribution in [0.1, 0.15) is 83.3 Å². The van der Waals surface area contributed by atoms with Gasteiger partial charge in [-0.05, 0) is 110 Å². The first-order chi connectivity index (χ1) is 23.4. The second-order valence-corrected chi connectivity index (χ2v) is 16.8. The Labute approximate surface area is 290 Å². The van der Waals surface area contributed by atoms with Gasteiger partial charge in [-0.1, -0.05) is 57.5 Å². The van der Waals surface area contributed by atoms with Gasteiger partial charge in [-0.3, -0.25) is 19.2 Å². The van der Waals surface area contributed by atoms with E-state index in [1.54, 1.807) is 4.90 Å². The van der Waals surface area contributed by atoms with Crippen molar-refractivity contribution >= 4 is 29.5 Å². The molecule has 1 saturated heterocycles. The number of ketones is 1. The molecule has 0 spiro atoms. The Hall–Kier alpha value is -3.69. The summed E-state index contributed by atoms with van der Waals surface area (Å²) in [6.45, 7) is 10.3. The largest absolute Gasteiger partial charge is 0.346 e. The van der Waals surface area contributed by atoms with Crippen LogP contribution in [0, 0.1) is 40.9 Å². The van der Waals surface area contributed by atoms with Gasteiger partial charge in [0.25, 0.3) is 5.91 Å². The number of piperidine rings is 1. The van der Waals surface area contributed by atoms with Gasteiger partial charge in [-0.2, -0.15) is 0 Å². The van der Waals surface area contributed by atoms with Gasteiger partial charge in [-0.15, -0.1) is 6.58 Å². The number of carbonyl (C=O) groups is 5. The number of hydrogen-bond donors (Lipinski definition) is 4. The van der Waals surface area contributed by atoms with E-state index in [1.807, 2.05) is 19.1 Å². The molecule has 6 aliphatic carbocycles. The molecule has 264 valence electrons. The smallest absolute Gasteiger partial charge is 0.315 e. The third-order valence-electron chi connectivity index (χ3n) is 13.1. The lowest BCUT2D eigenvalue weighted by molar-refractivity contribution is -0.144. The maximum absolute atomic E-state index is 14.8. The second kappa shape index (κ2) is 12.9. The third-order valence-corrected chi connectivity index (χ3v) is 13.1. The van der Waals surface area contributed by atoms with Gasteiger partial charge in [0.05, 0.1) is 6.04 Å². The fourth-order valence-electron chi connectivity index (χ4n) is 11.1. The van der Waals surface area contributed by atoms with E-state index >= 15 is 0 Å². The summed E-state index contributed by atoms with van der Waals surface area (Å²) in [5, 5.41) is 12.0. The molecular weight excluding hydrogens is 618 g/mol. The number of carbonyl (C=O) groups excluding carboxylic acids is 5. The lowest BCUT2D eigenvalue weighted by Crippen LogP contribution is -2.64. The van der Waals surface area contributed by atoms with Crippen LogP contribution in [0.25, 0.3) is 0 Å². The molecule has 8 rings (SSSR count). The fourth-order valence-corrected chi connectivity index (χ4v) is 11.1. The summed E-state index contributed by atoms with van der Waals surface area (Å²) in [7, 11) is 0. The highest BCUT2D eigenvalue weighted by molar-refractivity contribution is 6.38. The van der Waals surface area contributed by atoms with E-state index in [9.17, 15) is 24.0 Å². The van der Waals surface area contributed by atoms with Crippen molar-refractivity contribution in [2.75, 3.05) is 13.1 Å². The van der Waals surface area contributed by atoms with Crippen molar-refractivity contribution in [2.24, 2.45) is 40.9 Å². The second-order valence-electron chi connectivity index (χ2n) is 16.8. The minimum Gasteiger partial charge on any atom is -0.346 e. The average Bonchev–Trinajstić information content (AvgIpc) is 3.41. The predicted octanol–water partition coefficient (Wildman–Crippen LogP) is 3.68. The lowest BCUT2D eigenvalue weighted by Gasteiger charge is -2.56. The molecule has 4 bridgehead atoms. The Morgan fingerprint density at radius 2 is 1.57 bits per heavy atom. The van der Waals surface area contributed by atoms with Gasteiger partial charge in [0.1, 0.15) is 12.1 Å². The Morgan fingerprint density at radius 1 is 0.959 bits per heavy atom. The number of rotatable bonds is 12. The highest BCUT2D eigenvalue weighted by atomic mass is 16.2. The van der Waals surface area contributed by atoms with Crippen LogP contribution in [-0.2, 0) is 32.0 Å². The van der Waals surface area contributed by atoms with Crippen LogP contribution in [0.4, 0.5) is 4.79 Å². The van der Waals surface area contributed by atoms with Crippen LogP contribution >= 0.6 is 0 Å². The number of urea groups is 1. The molecule has 1 aliphatic heterocycles. The zero-order chi connectivity index (χ0) is 34.7. The van der Waals surface area contributed by atoms with E-state index in [4.69, 9.17) is 0 Å². The molecule has 2 unspecified atom stereocenters. The first kappa shape index (κ1) is 33.8. The first-order valence-electron chi connectivity index (χ1n) is 18.6. The predicted molar refractivity (Wildman–Crippen MR) is 185 cm³/mol. The molecule has 10 nitrogen and oxygen atoms in total. The van der Waals surface area contributed by atoms with Gasteiger partial charge in [0.15, 0.2) is 0 Å². The Kier molecular flexibility index (Phi) is 8.89. The van der Waals surface area contributed by atoms with Crippen LogP contribution in [0.15, 0.2) is 36.9 Å². The van der Waals surface area contributed by atoms with Crippen molar-refractivity contribution < 1.29 is 24.0 Å². The molecule has 5 saturated carbocycles. The quantitative estimate of drug-likeness (QED) is 0.199. The highest BCUT2D eigenvalue weighted by Crippen LogP contribution is 2.65. The summed E-state index contributed by atoms with van der Waals surface area (Å²) >= 11 is 0. The average molecular weight is 672 g/mol. The van der Waals surface area contributed by atoms with Gasteiger partial charge in [0.2, 0.25) is 17.6 Å². The van der Waals surface area contributed by atoms with Crippen molar-refractivity contribution in [1.82, 2.24) is 26.2 Å². The molecular formula is C39H53N5O5. The molecule has 7 aliphatic rings. The SMILES string of the molecule is C=CCNC(=O)C(=O)C(CCC)NC(=O)[C@@H]1[C@@H]2[C@H](CN1C(=O)C(NC(=O)NC13CC4CC(CC(C4)C1)C3)C1Cc3ccccc3C1)C2(C)C. The number of nitrogens with one attached hydrogen (secondary N) is 4.